The summed E-state index contributed by atoms with van der Waals surface area (Å²) in [6, 6.07) is 36.8. The summed E-state index contributed by atoms with van der Waals surface area (Å²) < 4.78 is 3.60. The molecular formula is C43H41Cl3Zr. The maximum absolute atomic E-state index is 6.51. The van der Waals surface area contributed by atoms with Crippen molar-refractivity contribution in [3.05, 3.63) is 160 Å². The minimum atomic E-state index is -2.82. The van der Waals surface area contributed by atoms with Gasteiger partial charge >= 0.3 is 283 Å². The molecule has 4 heteroatoms. The van der Waals surface area contributed by atoms with Crippen LogP contribution in [-0.4, -0.2) is 3.21 Å². The van der Waals surface area contributed by atoms with Crippen LogP contribution in [0.3, 0.4) is 0 Å². The number of benzene rings is 5. The molecule has 0 nitrogen and oxygen atoms in total. The Morgan fingerprint density at radius 3 is 2.00 bits per heavy atom. The summed E-state index contributed by atoms with van der Waals surface area (Å²) in [6.07, 6.45) is 10.5. The Kier molecular flexibility index (Phi) is 10.5. The van der Waals surface area contributed by atoms with Crippen molar-refractivity contribution in [2.75, 3.05) is 0 Å². The summed E-state index contributed by atoms with van der Waals surface area (Å²) in [5, 5.41) is 3.40. The van der Waals surface area contributed by atoms with E-state index in [0.29, 0.717) is 3.63 Å². The van der Waals surface area contributed by atoms with E-state index in [0.717, 1.165) is 11.4 Å². The van der Waals surface area contributed by atoms with Crippen LogP contribution < -0.4 is 28.1 Å². The zero-order valence-corrected chi connectivity index (χ0v) is 32.7. The third-order valence-electron chi connectivity index (χ3n) is 9.58. The van der Waals surface area contributed by atoms with Gasteiger partial charge in [0.25, 0.3) is 0 Å². The van der Waals surface area contributed by atoms with Crippen molar-refractivity contribution >= 4 is 28.9 Å². The SMILES string of the molecule is CC(C)(C)c1ccc2c(c1)-c1cc(C(C)(C)C)c[c]([Zr+2](=[C](c3ccc(Cl)cc3)c3cccc4ccccc34)[CH]3C=CC=C3)c1C2.[Cl-].[Cl-]. The molecule has 0 radical (unpaired) electrons. The fraction of sp³-hybridized carbons (Fsp3) is 0.233. The standard InChI is InChI=1S/C21H25.C17H11Cl.C5H5.2ClH.Zr/c1-20(2,3)16-9-7-14-11-15-8-10-17(21(4,5)6)13-19(15)18(14)12-16;18-16-10-8-13(9-11-16)12-15-6-3-5-14-4-1-2-7-17(14)15;1-2-4-5-3-1;;;/h7,9-10,12-13H,11H2,1-6H3;1-11H;1-5H;2*1H;/q;;;;;+2/p-2. The predicted molar refractivity (Wildman–Crippen MR) is 192 cm³/mol. The molecule has 0 saturated heterocycles. The van der Waals surface area contributed by atoms with Gasteiger partial charge < -0.3 is 24.8 Å². The van der Waals surface area contributed by atoms with Crippen LogP contribution in [0.2, 0.25) is 8.65 Å². The van der Waals surface area contributed by atoms with Crippen LogP contribution in [0.5, 0.6) is 0 Å². The Morgan fingerprint density at radius 1 is 0.681 bits per heavy atom. The summed E-state index contributed by atoms with van der Waals surface area (Å²) in [4.78, 5) is 0. The first-order valence-electron chi connectivity index (χ1n) is 16.1. The van der Waals surface area contributed by atoms with Crippen molar-refractivity contribution in [2.45, 2.75) is 62.4 Å². The van der Waals surface area contributed by atoms with Gasteiger partial charge in [-0.25, -0.2) is 0 Å². The van der Waals surface area contributed by atoms with Crippen LogP contribution in [0.4, 0.5) is 0 Å². The molecule has 0 bridgehead atoms. The monoisotopic (exact) mass is 752 g/mol. The summed E-state index contributed by atoms with van der Waals surface area (Å²) in [5.41, 5.74) is 11.6. The van der Waals surface area contributed by atoms with Gasteiger partial charge in [0.2, 0.25) is 0 Å². The largest absolute Gasteiger partial charge is 1.00 e. The van der Waals surface area contributed by atoms with E-state index >= 15 is 0 Å². The van der Waals surface area contributed by atoms with E-state index in [1.54, 1.807) is 12.0 Å². The number of hydrogen-bond donors (Lipinski definition) is 0. The topological polar surface area (TPSA) is 0 Å². The molecule has 2 aliphatic rings. The molecule has 0 N–H and O–H groups in total. The van der Waals surface area contributed by atoms with Crippen LogP contribution in [0.15, 0.2) is 121 Å². The molecular weight excluding hydrogens is 714 g/mol. The molecule has 0 spiro atoms. The number of hydrogen-bond acceptors (Lipinski definition) is 0. The minimum absolute atomic E-state index is 0. The normalized spacial score (nSPS) is 14.0. The van der Waals surface area contributed by atoms with E-state index in [1.807, 2.05) is 0 Å². The summed E-state index contributed by atoms with van der Waals surface area (Å²) >= 11 is 3.69. The van der Waals surface area contributed by atoms with Crippen molar-refractivity contribution in [2.24, 2.45) is 0 Å². The Morgan fingerprint density at radius 2 is 1.32 bits per heavy atom. The number of halogens is 3. The van der Waals surface area contributed by atoms with Crippen molar-refractivity contribution in [1.82, 2.24) is 0 Å². The molecule has 0 saturated carbocycles. The molecule has 5 aromatic rings. The van der Waals surface area contributed by atoms with Crippen molar-refractivity contribution < 1.29 is 46.1 Å². The molecule has 47 heavy (non-hydrogen) atoms. The van der Waals surface area contributed by atoms with Crippen LogP contribution in [0, 0.1) is 0 Å². The quantitative estimate of drug-likeness (QED) is 0.236. The molecule has 5 aromatic carbocycles. The molecule has 0 fully saturated rings. The van der Waals surface area contributed by atoms with Gasteiger partial charge in [0.1, 0.15) is 0 Å². The third kappa shape index (κ3) is 6.85. The van der Waals surface area contributed by atoms with Gasteiger partial charge in [-0.2, -0.15) is 0 Å². The van der Waals surface area contributed by atoms with E-state index in [2.05, 4.69) is 163 Å². The van der Waals surface area contributed by atoms with Crippen LogP contribution >= 0.6 is 11.6 Å². The van der Waals surface area contributed by atoms with E-state index in [-0.39, 0.29) is 35.6 Å². The molecule has 0 atom stereocenters. The van der Waals surface area contributed by atoms with E-state index in [1.165, 1.54) is 49.7 Å². The maximum Gasteiger partial charge on any atom is -1.00 e. The third-order valence-corrected chi connectivity index (χ3v) is 17.6. The second-order valence-electron chi connectivity index (χ2n) is 14.7. The zero-order chi connectivity index (χ0) is 31.5. The smallest absolute Gasteiger partial charge is 1.00 e. The van der Waals surface area contributed by atoms with Gasteiger partial charge in [0.05, 0.1) is 0 Å². The first-order chi connectivity index (χ1) is 21.5. The summed E-state index contributed by atoms with van der Waals surface area (Å²) in [7, 11) is 0. The van der Waals surface area contributed by atoms with Gasteiger partial charge in [0.15, 0.2) is 0 Å². The molecule has 0 aromatic heterocycles. The Bertz CT molecular complexity index is 2030. The van der Waals surface area contributed by atoms with E-state index in [9.17, 15) is 0 Å². The number of rotatable bonds is 4. The molecule has 0 heterocycles. The molecule has 7 rings (SSSR count). The van der Waals surface area contributed by atoms with E-state index in [4.69, 9.17) is 11.6 Å². The number of fused-ring (bicyclic) bond motifs is 4. The molecule has 0 unspecified atom stereocenters. The molecule has 2 aliphatic carbocycles. The average molecular weight is 755 g/mol. The van der Waals surface area contributed by atoms with Crippen LogP contribution in [-0.2, 0) is 38.5 Å². The maximum atomic E-state index is 6.51. The summed E-state index contributed by atoms with van der Waals surface area (Å²) in [6.45, 7) is 14.1. The van der Waals surface area contributed by atoms with Gasteiger partial charge in [-0.15, -0.1) is 0 Å². The minimum Gasteiger partial charge on any atom is -1.00 e. The van der Waals surface area contributed by atoms with Crippen molar-refractivity contribution in [1.29, 1.82) is 0 Å². The van der Waals surface area contributed by atoms with Gasteiger partial charge in [-0.1, -0.05) is 0 Å². The van der Waals surface area contributed by atoms with Crippen LogP contribution in [0.1, 0.15) is 74.9 Å². The number of allylic oxidation sites excluding steroid dienone is 4. The molecule has 238 valence electrons. The average Bonchev–Trinajstić information content (AvgIpc) is 3.67. The molecule has 0 aliphatic heterocycles. The molecule has 0 amide bonds. The van der Waals surface area contributed by atoms with Gasteiger partial charge in [-0.3, -0.25) is 0 Å². The van der Waals surface area contributed by atoms with Gasteiger partial charge in [0, 0.05) is 0 Å². The fourth-order valence-corrected chi connectivity index (χ4v) is 15.6. The fourth-order valence-electron chi connectivity index (χ4n) is 7.04. The van der Waals surface area contributed by atoms with Crippen molar-refractivity contribution in [3.63, 3.8) is 0 Å². The second-order valence-corrected chi connectivity index (χ2v) is 21.4. The predicted octanol–water partition coefficient (Wildman–Crippen LogP) is 5.09. The zero-order valence-electron chi connectivity index (χ0n) is 28.0. The first-order valence-corrected chi connectivity index (χ1v) is 20.4. The van der Waals surface area contributed by atoms with Crippen LogP contribution in [0.25, 0.3) is 21.9 Å². The van der Waals surface area contributed by atoms with E-state index < -0.39 is 21.3 Å². The first kappa shape index (κ1) is 35.8. The van der Waals surface area contributed by atoms with Crippen molar-refractivity contribution in [3.8, 4) is 11.1 Å². The van der Waals surface area contributed by atoms with Gasteiger partial charge in [-0.05, 0) is 0 Å². The second kappa shape index (κ2) is 13.8. The Balaban J connectivity index is 0.00000217. The Hall–Kier alpha value is -2.54. The summed E-state index contributed by atoms with van der Waals surface area (Å²) in [5.74, 6) is 0. The Labute approximate surface area is 305 Å².